The standard InChI is InChI=1S/C25H34N2O6/c1-14-12-17-20(15(2)25(8-9-25)24(3,32)21(17)29)16(14)6-5-11-33-23(31)19-7-4-10-27(19)22(30)18(26)13-28/h12,18-19,28,32H,4-11,13,26H2,1-3H3/t18-,19-,24-/m0/s1. The molecule has 8 heteroatoms. The van der Waals surface area contributed by atoms with Crippen LogP contribution in [0.1, 0.15) is 59.3 Å². The molecule has 1 aliphatic heterocycles. The van der Waals surface area contributed by atoms with Crippen molar-refractivity contribution in [3.8, 4) is 0 Å². The van der Waals surface area contributed by atoms with Crippen molar-refractivity contribution >= 4 is 17.7 Å². The first-order valence-electron chi connectivity index (χ1n) is 11.8. The molecule has 2 fully saturated rings. The molecule has 0 aromatic heterocycles. The van der Waals surface area contributed by atoms with Crippen molar-refractivity contribution in [3.05, 3.63) is 33.9 Å². The van der Waals surface area contributed by atoms with E-state index in [1.165, 1.54) is 4.90 Å². The van der Waals surface area contributed by atoms with Gasteiger partial charge in [-0.3, -0.25) is 9.59 Å². The molecule has 0 unspecified atom stereocenters. The molecule has 1 heterocycles. The summed E-state index contributed by atoms with van der Waals surface area (Å²) in [5.74, 6) is -1.08. The monoisotopic (exact) mass is 458 g/mol. The summed E-state index contributed by atoms with van der Waals surface area (Å²) in [4.78, 5) is 39.3. The fraction of sp³-hybridized carbons (Fsp3) is 0.640. The van der Waals surface area contributed by atoms with Crippen molar-refractivity contribution in [1.82, 2.24) is 4.90 Å². The molecule has 4 aliphatic rings. The summed E-state index contributed by atoms with van der Waals surface area (Å²) in [6.45, 7) is 5.81. The molecule has 3 atom stereocenters. The van der Waals surface area contributed by atoms with Crippen LogP contribution in [0, 0.1) is 5.41 Å². The average molecular weight is 459 g/mol. The van der Waals surface area contributed by atoms with Gasteiger partial charge in [-0.15, -0.1) is 0 Å². The highest BCUT2D eigenvalue weighted by atomic mass is 16.5. The number of ketones is 1. The second kappa shape index (κ2) is 8.49. The maximum absolute atomic E-state index is 13.0. The van der Waals surface area contributed by atoms with E-state index in [9.17, 15) is 19.5 Å². The van der Waals surface area contributed by atoms with Crippen molar-refractivity contribution in [2.75, 3.05) is 19.8 Å². The number of amides is 1. The number of esters is 1. The lowest BCUT2D eigenvalue weighted by Crippen LogP contribution is -2.50. The second-order valence-electron chi connectivity index (χ2n) is 9.95. The quantitative estimate of drug-likeness (QED) is 0.387. The minimum Gasteiger partial charge on any atom is -0.464 e. The molecule has 33 heavy (non-hydrogen) atoms. The van der Waals surface area contributed by atoms with Crippen LogP contribution in [0.3, 0.4) is 0 Å². The molecule has 0 radical (unpaired) electrons. The van der Waals surface area contributed by atoms with Crippen LogP contribution in [0.2, 0.25) is 0 Å². The van der Waals surface area contributed by atoms with E-state index >= 15 is 0 Å². The Hall–Kier alpha value is -2.29. The summed E-state index contributed by atoms with van der Waals surface area (Å²) >= 11 is 0. The fourth-order valence-electron chi connectivity index (χ4n) is 5.82. The summed E-state index contributed by atoms with van der Waals surface area (Å²) in [6, 6.07) is -1.68. The maximum atomic E-state index is 13.0. The third-order valence-electron chi connectivity index (χ3n) is 8.01. The lowest BCUT2D eigenvalue weighted by Gasteiger charge is -2.39. The lowest BCUT2D eigenvalue weighted by atomic mass is 9.67. The Morgan fingerprint density at radius 3 is 2.67 bits per heavy atom. The van der Waals surface area contributed by atoms with Crippen molar-refractivity contribution < 1.29 is 29.3 Å². The number of aliphatic hydroxyl groups excluding tert-OH is 1. The number of rotatable bonds is 7. The van der Waals surface area contributed by atoms with Gasteiger partial charge in [-0.05, 0) is 82.1 Å². The third-order valence-corrected chi connectivity index (χ3v) is 8.01. The Kier molecular flexibility index (Phi) is 6.14. The summed E-state index contributed by atoms with van der Waals surface area (Å²) in [7, 11) is 0. The zero-order valence-corrected chi connectivity index (χ0v) is 19.6. The summed E-state index contributed by atoms with van der Waals surface area (Å²) < 4.78 is 5.49. The molecule has 0 aromatic rings. The van der Waals surface area contributed by atoms with Gasteiger partial charge in [0.15, 0.2) is 5.78 Å². The highest BCUT2D eigenvalue weighted by Crippen LogP contribution is 2.65. The molecule has 1 saturated carbocycles. The number of carbonyl (C=O) groups excluding carboxylic acids is 3. The number of Topliss-reactive ketones (excluding diaryl/α,β-unsaturated/α-hetero) is 1. The van der Waals surface area contributed by atoms with Crippen molar-refractivity contribution in [1.29, 1.82) is 0 Å². The minimum atomic E-state index is -1.36. The number of aliphatic hydroxyl groups is 2. The van der Waals surface area contributed by atoms with Gasteiger partial charge >= 0.3 is 5.97 Å². The number of nitrogens with zero attached hydrogens (tertiary/aromatic N) is 1. The van der Waals surface area contributed by atoms with Gasteiger partial charge in [-0.1, -0.05) is 5.57 Å². The molecule has 3 aliphatic carbocycles. The van der Waals surface area contributed by atoms with E-state index in [0.29, 0.717) is 37.8 Å². The molecule has 1 saturated heterocycles. The van der Waals surface area contributed by atoms with Crippen molar-refractivity contribution in [2.45, 2.75) is 77.0 Å². The van der Waals surface area contributed by atoms with Gasteiger partial charge in [0.05, 0.1) is 13.2 Å². The molecular formula is C25H34N2O6. The van der Waals surface area contributed by atoms with Gasteiger partial charge in [0.1, 0.15) is 17.7 Å². The van der Waals surface area contributed by atoms with E-state index in [1.54, 1.807) is 6.92 Å². The molecule has 8 nitrogen and oxygen atoms in total. The number of fused-ring (bicyclic) bond motifs is 1. The van der Waals surface area contributed by atoms with E-state index < -0.39 is 41.6 Å². The Morgan fingerprint density at radius 1 is 1.33 bits per heavy atom. The largest absolute Gasteiger partial charge is 0.464 e. The van der Waals surface area contributed by atoms with Gasteiger partial charge < -0.3 is 25.6 Å². The second-order valence-corrected chi connectivity index (χ2v) is 9.95. The molecular weight excluding hydrogens is 424 g/mol. The minimum absolute atomic E-state index is 0.201. The predicted octanol–water partition coefficient (Wildman–Crippen LogP) is 1.31. The Labute approximate surface area is 194 Å². The van der Waals surface area contributed by atoms with Crippen LogP contribution in [0.15, 0.2) is 33.9 Å². The third kappa shape index (κ3) is 3.68. The molecule has 4 N–H and O–H groups in total. The summed E-state index contributed by atoms with van der Waals surface area (Å²) in [5, 5.41) is 20.1. The molecule has 1 spiro atoms. The van der Waals surface area contributed by atoms with Crippen LogP contribution in [-0.4, -0.2) is 70.2 Å². The van der Waals surface area contributed by atoms with E-state index in [0.717, 1.165) is 35.1 Å². The van der Waals surface area contributed by atoms with E-state index in [1.807, 2.05) is 19.9 Å². The first-order valence-corrected chi connectivity index (χ1v) is 11.8. The zero-order chi connectivity index (χ0) is 24.1. The van der Waals surface area contributed by atoms with E-state index in [-0.39, 0.29) is 12.4 Å². The van der Waals surface area contributed by atoms with Crippen molar-refractivity contribution in [3.63, 3.8) is 0 Å². The number of hydrogen-bond donors (Lipinski definition) is 3. The number of likely N-dealkylation sites (tertiary alicyclic amines) is 1. The van der Waals surface area contributed by atoms with Crippen LogP contribution in [0.25, 0.3) is 0 Å². The lowest BCUT2D eigenvalue weighted by molar-refractivity contribution is -0.154. The highest BCUT2D eigenvalue weighted by Gasteiger charge is 2.64. The van der Waals surface area contributed by atoms with Crippen LogP contribution in [0.4, 0.5) is 0 Å². The number of carbonyl (C=O) groups is 3. The van der Waals surface area contributed by atoms with Gasteiger partial charge in [0, 0.05) is 17.5 Å². The number of hydrogen-bond acceptors (Lipinski definition) is 7. The molecule has 0 aromatic carbocycles. The first kappa shape index (κ1) is 23.9. The number of nitrogens with two attached hydrogens (primary N) is 1. The van der Waals surface area contributed by atoms with Gasteiger partial charge in [-0.2, -0.15) is 0 Å². The van der Waals surface area contributed by atoms with Crippen LogP contribution in [0.5, 0.6) is 0 Å². The summed E-state index contributed by atoms with van der Waals surface area (Å²) in [5.41, 5.74) is 8.57. The van der Waals surface area contributed by atoms with Gasteiger partial charge in [0.25, 0.3) is 0 Å². The smallest absolute Gasteiger partial charge is 0.328 e. The van der Waals surface area contributed by atoms with E-state index in [4.69, 9.17) is 15.6 Å². The van der Waals surface area contributed by atoms with Crippen LogP contribution in [-0.2, 0) is 19.1 Å². The van der Waals surface area contributed by atoms with Crippen LogP contribution < -0.4 is 5.73 Å². The zero-order valence-electron chi connectivity index (χ0n) is 19.6. The molecule has 0 bridgehead atoms. The Morgan fingerprint density at radius 2 is 2.03 bits per heavy atom. The molecule has 180 valence electrons. The Bertz CT molecular complexity index is 985. The predicted molar refractivity (Wildman–Crippen MR) is 121 cm³/mol. The maximum Gasteiger partial charge on any atom is 0.328 e. The fourth-order valence-corrected chi connectivity index (χ4v) is 5.82. The average Bonchev–Trinajstić information content (AvgIpc) is 3.35. The van der Waals surface area contributed by atoms with E-state index in [2.05, 4.69) is 0 Å². The first-order chi connectivity index (χ1) is 15.6. The molecule has 1 amide bonds. The van der Waals surface area contributed by atoms with Crippen molar-refractivity contribution in [2.24, 2.45) is 11.1 Å². The Balaban J connectivity index is 1.37. The molecule has 4 rings (SSSR count). The SMILES string of the molecule is CC1=C(CCCOC(=O)[C@@H]2CCCN2C(=O)[C@@H](N)CO)C2=C(C)C3(CC3)[C@@](C)(O)C(=O)C2=C1. The highest BCUT2D eigenvalue weighted by molar-refractivity contribution is 6.10. The normalized spacial score (nSPS) is 28.9. The summed E-state index contributed by atoms with van der Waals surface area (Å²) in [6.07, 6.45) is 5.96. The van der Waals surface area contributed by atoms with Gasteiger partial charge in [0.2, 0.25) is 5.91 Å². The number of ether oxygens (including phenoxy) is 1. The topological polar surface area (TPSA) is 130 Å². The van der Waals surface area contributed by atoms with Crippen LogP contribution >= 0.6 is 0 Å². The van der Waals surface area contributed by atoms with Gasteiger partial charge in [-0.25, -0.2) is 4.79 Å². The number of allylic oxidation sites excluding steroid dienone is 4.